The molecule has 4 heteroatoms. The summed E-state index contributed by atoms with van der Waals surface area (Å²) in [6, 6.07) is 0. The topological polar surface area (TPSA) is 46.3 Å². The van der Waals surface area contributed by atoms with E-state index in [9.17, 15) is 4.79 Å². The standard InChI is InChI=1S/C15H26N2OS/c1-2-3-4-5-6-7-8-11-17-12-9-10-13(14(16)18)15(17)19/h9-10,12,15,19H,2-8,11H2,1H3,(H2,16,18). The van der Waals surface area contributed by atoms with Crippen molar-refractivity contribution >= 4 is 18.5 Å². The number of amides is 1. The summed E-state index contributed by atoms with van der Waals surface area (Å²) in [5.41, 5.74) is 5.90. The van der Waals surface area contributed by atoms with Gasteiger partial charge in [-0.1, -0.05) is 45.4 Å². The van der Waals surface area contributed by atoms with Crippen LogP contribution < -0.4 is 5.73 Å². The first-order valence-electron chi connectivity index (χ1n) is 7.28. The fraction of sp³-hybridized carbons (Fsp3) is 0.667. The third kappa shape index (κ3) is 5.72. The van der Waals surface area contributed by atoms with Crippen LogP contribution in [-0.2, 0) is 4.79 Å². The van der Waals surface area contributed by atoms with Crippen LogP contribution in [0.4, 0.5) is 0 Å². The molecule has 0 saturated carbocycles. The molecule has 0 saturated heterocycles. The normalized spacial score (nSPS) is 18.5. The predicted molar refractivity (Wildman–Crippen MR) is 83.9 cm³/mol. The quantitative estimate of drug-likeness (QED) is 0.504. The van der Waals surface area contributed by atoms with E-state index in [1.165, 1.54) is 38.5 Å². The summed E-state index contributed by atoms with van der Waals surface area (Å²) in [7, 11) is 0. The van der Waals surface area contributed by atoms with Crippen molar-refractivity contribution in [1.82, 2.24) is 4.90 Å². The molecule has 1 aliphatic rings. The Bertz CT molecular complexity index is 339. The van der Waals surface area contributed by atoms with E-state index in [1.54, 1.807) is 6.08 Å². The Morgan fingerprint density at radius 3 is 2.53 bits per heavy atom. The highest BCUT2D eigenvalue weighted by atomic mass is 32.1. The first-order valence-corrected chi connectivity index (χ1v) is 7.80. The highest BCUT2D eigenvalue weighted by molar-refractivity contribution is 7.81. The number of carbonyl (C=O) groups excluding carboxylic acids is 1. The molecule has 1 aliphatic heterocycles. The van der Waals surface area contributed by atoms with Crippen molar-refractivity contribution in [3.05, 3.63) is 23.9 Å². The number of nitrogens with zero attached hydrogens (tertiary/aromatic N) is 1. The van der Waals surface area contributed by atoms with Crippen molar-refractivity contribution in [1.29, 1.82) is 0 Å². The van der Waals surface area contributed by atoms with Gasteiger partial charge in [0.25, 0.3) is 0 Å². The van der Waals surface area contributed by atoms with Gasteiger partial charge in [-0.05, 0) is 18.6 Å². The highest BCUT2D eigenvalue weighted by Crippen LogP contribution is 2.20. The van der Waals surface area contributed by atoms with E-state index in [2.05, 4.69) is 24.5 Å². The third-order valence-corrected chi connectivity index (χ3v) is 4.02. The van der Waals surface area contributed by atoms with E-state index in [1.807, 2.05) is 12.3 Å². The van der Waals surface area contributed by atoms with Crippen molar-refractivity contribution in [2.75, 3.05) is 6.54 Å². The van der Waals surface area contributed by atoms with E-state index < -0.39 is 0 Å². The van der Waals surface area contributed by atoms with Crippen LogP contribution in [0, 0.1) is 0 Å². The molecule has 0 fully saturated rings. The zero-order valence-corrected chi connectivity index (χ0v) is 12.7. The second-order valence-corrected chi connectivity index (χ2v) is 5.55. The minimum absolute atomic E-state index is 0.192. The van der Waals surface area contributed by atoms with Crippen molar-refractivity contribution in [3.8, 4) is 0 Å². The van der Waals surface area contributed by atoms with Gasteiger partial charge in [-0.15, -0.1) is 12.6 Å². The van der Waals surface area contributed by atoms with Crippen LogP contribution >= 0.6 is 12.6 Å². The van der Waals surface area contributed by atoms with Crippen molar-refractivity contribution < 1.29 is 4.79 Å². The smallest absolute Gasteiger partial charge is 0.247 e. The molecule has 2 N–H and O–H groups in total. The molecule has 0 radical (unpaired) electrons. The molecular weight excluding hydrogens is 256 g/mol. The monoisotopic (exact) mass is 282 g/mol. The Kier molecular flexibility index (Phi) is 7.72. The predicted octanol–water partition coefficient (Wildman–Crippen LogP) is 3.23. The SMILES string of the molecule is CCCCCCCCCN1C=CC=C(C(N)=O)C1S. The van der Waals surface area contributed by atoms with Gasteiger partial charge in [0.15, 0.2) is 0 Å². The molecule has 1 amide bonds. The van der Waals surface area contributed by atoms with Gasteiger partial charge in [0, 0.05) is 18.3 Å². The summed E-state index contributed by atoms with van der Waals surface area (Å²) in [4.78, 5) is 13.3. The number of rotatable bonds is 9. The van der Waals surface area contributed by atoms with E-state index in [0.29, 0.717) is 5.57 Å². The Morgan fingerprint density at radius 2 is 1.89 bits per heavy atom. The second-order valence-electron chi connectivity index (χ2n) is 5.06. The fourth-order valence-electron chi connectivity index (χ4n) is 2.26. The molecule has 0 bridgehead atoms. The van der Waals surface area contributed by atoms with Crippen LogP contribution in [0.3, 0.4) is 0 Å². The van der Waals surface area contributed by atoms with Gasteiger partial charge in [-0.3, -0.25) is 4.79 Å². The van der Waals surface area contributed by atoms with Gasteiger partial charge < -0.3 is 10.6 Å². The zero-order chi connectivity index (χ0) is 14.1. The van der Waals surface area contributed by atoms with Gasteiger partial charge in [0.1, 0.15) is 5.37 Å². The van der Waals surface area contributed by atoms with E-state index in [0.717, 1.165) is 13.0 Å². The van der Waals surface area contributed by atoms with Crippen LogP contribution in [0.15, 0.2) is 23.9 Å². The Labute approximate surface area is 122 Å². The molecular formula is C15H26N2OS. The summed E-state index contributed by atoms with van der Waals surface area (Å²) in [6.07, 6.45) is 14.6. The lowest BCUT2D eigenvalue weighted by Crippen LogP contribution is -2.35. The van der Waals surface area contributed by atoms with Gasteiger partial charge in [0.05, 0.1) is 0 Å². The summed E-state index contributed by atoms with van der Waals surface area (Å²) in [5.74, 6) is -0.381. The largest absolute Gasteiger partial charge is 0.366 e. The van der Waals surface area contributed by atoms with Crippen LogP contribution in [0.25, 0.3) is 0 Å². The molecule has 19 heavy (non-hydrogen) atoms. The van der Waals surface area contributed by atoms with Gasteiger partial charge in [-0.25, -0.2) is 0 Å². The van der Waals surface area contributed by atoms with Crippen molar-refractivity contribution in [2.24, 2.45) is 5.73 Å². The molecule has 0 spiro atoms. The number of unbranched alkanes of at least 4 members (excludes halogenated alkanes) is 6. The van der Waals surface area contributed by atoms with Gasteiger partial charge >= 0.3 is 0 Å². The van der Waals surface area contributed by atoms with E-state index >= 15 is 0 Å². The minimum atomic E-state index is -0.381. The van der Waals surface area contributed by atoms with Crippen molar-refractivity contribution in [3.63, 3.8) is 0 Å². The number of nitrogens with two attached hydrogens (primary N) is 1. The Morgan fingerprint density at radius 1 is 1.26 bits per heavy atom. The molecule has 1 heterocycles. The maximum absolute atomic E-state index is 11.2. The maximum Gasteiger partial charge on any atom is 0.247 e. The fourth-order valence-corrected chi connectivity index (χ4v) is 2.67. The molecule has 108 valence electrons. The number of carbonyl (C=O) groups is 1. The lowest BCUT2D eigenvalue weighted by molar-refractivity contribution is -0.114. The molecule has 1 atom stereocenters. The third-order valence-electron chi connectivity index (χ3n) is 3.45. The lowest BCUT2D eigenvalue weighted by Gasteiger charge is -2.30. The molecule has 3 nitrogen and oxygen atoms in total. The van der Waals surface area contributed by atoms with Crippen LogP contribution in [0.5, 0.6) is 0 Å². The van der Waals surface area contributed by atoms with Gasteiger partial charge in [0.2, 0.25) is 5.91 Å². The van der Waals surface area contributed by atoms with E-state index in [-0.39, 0.29) is 11.3 Å². The highest BCUT2D eigenvalue weighted by Gasteiger charge is 2.21. The van der Waals surface area contributed by atoms with Crippen LogP contribution in [0.1, 0.15) is 51.9 Å². The molecule has 1 rings (SSSR count). The number of thiol groups is 1. The summed E-state index contributed by atoms with van der Waals surface area (Å²) in [5, 5.41) is -0.192. The molecule has 0 aromatic carbocycles. The maximum atomic E-state index is 11.2. The molecule has 0 aliphatic carbocycles. The molecule has 1 unspecified atom stereocenters. The van der Waals surface area contributed by atoms with Crippen LogP contribution in [-0.4, -0.2) is 22.7 Å². The second kappa shape index (κ2) is 9.08. The van der Waals surface area contributed by atoms with Crippen molar-refractivity contribution in [2.45, 2.75) is 57.2 Å². The summed E-state index contributed by atoms with van der Waals surface area (Å²) < 4.78 is 0. The average Bonchev–Trinajstić information content (AvgIpc) is 2.39. The average molecular weight is 282 g/mol. The first kappa shape index (κ1) is 16.2. The summed E-state index contributed by atoms with van der Waals surface area (Å²) in [6.45, 7) is 3.17. The zero-order valence-electron chi connectivity index (χ0n) is 11.8. The minimum Gasteiger partial charge on any atom is -0.366 e. The first-order chi connectivity index (χ1) is 9.16. The Balaban J connectivity index is 2.18. The van der Waals surface area contributed by atoms with Gasteiger partial charge in [-0.2, -0.15) is 0 Å². The lowest BCUT2D eigenvalue weighted by atomic mass is 10.1. The van der Waals surface area contributed by atoms with E-state index in [4.69, 9.17) is 5.73 Å². The Hall–Kier alpha value is -0.900. The van der Waals surface area contributed by atoms with Crippen LogP contribution in [0.2, 0.25) is 0 Å². The number of primary amides is 1. The molecule has 0 aromatic rings. The number of hydrogen-bond acceptors (Lipinski definition) is 3. The number of allylic oxidation sites excluding steroid dienone is 2. The molecule has 0 aromatic heterocycles. The summed E-state index contributed by atoms with van der Waals surface area (Å²) >= 11 is 4.47. The number of hydrogen-bond donors (Lipinski definition) is 2.